The molecule has 2 N–H and O–H groups in total. The van der Waals surface area contributed by atoms with Gasteiger partial charge in [0, 0.05) is 26.0 Å². The standard InChI is InChI=1S/C23H27N7O3S/c1-16-3-7-19(8-4-16)34(31,32)30-10-9-20-21(24-13-17-5-6-17)27-23(28-22(20)30)26-18-14-25-29(15-18)11-12-33-2/h3-4,7-10,14-15,17H,5-6,11-13H2,1-2H3,(H2,24,26,27,28). The molecule has 1 saturated carbocycles. The van der Waals surface area contributed by atoms with Crippen LogP contribution in [0.1, 0.15) is 18.4 Å². The van der Waals surface area contributed by atoms with Gasteiger partial charge in [0.05, 0.1) is 35.3 Å². The zero-order valence-electron chi connectivity index (χ0n) is 19.1. The van der Waals surface area contributed by atoms with Crippen LogP contribution in [-0.4, -0.2) is 52.4 Å². The summed E-state index contributed by atoms with van der Waals surface area (Å²) in [5.41, 5.74) is 1.99. The van der Waals surface area contributed by atoms with E-state index in [1.807, 2.05) is 13.1 Å². The molecule has 0 unspecified atom stereocenters. The Morgan fingerprint density at radius 3 is 2.68 bits per heavy atom. The molecule has 0 atom stereocenters. The number of aryl methyl sites for hydroxylation is 1. The summed E-state index contributed by atoms with van der Waals surface area (Å²) in [7, 11) is -2.19. The van der Waals surface area contributed by atoms with Gasteiger partial charge in [-0.2, -0.15) is 15.1 Å². The van der Waals surface area contributed by atoms with E-state index in [9.17, 15) is 8.42 Å². The third-order valence-electron chi connectivity index (χ3n) is 5.76. The first kappa shape index (κ1) is 22.4. The first-order chi connectivity index (χ1) is 16.4. The summed E-state index contributed by atoms with van der Waals surface area (Å²) in [5, 5.41) is 11.5. The molecule has 3 aromatic heterocycles. The third kappa shape index (κ3) is 4.62. The molecule has 0 spiro atoms. The smallest absolute Gasteiger partial charge is 0.269 e. The van der Waals surface area contributed by atoms with Crippen LogP contribution in [0.3, 0.4) is 0 Å². The number of hydrogen-bond acceptors (Lipinski definition) is 8. The summed E-state index contributed by atoms with van der Waals surface area (Å²) in [5.74, 6) is 1.51. The highest BCUT2D eigenvalue weighted by Gasteiger charge is 2.24. The Balaban J connectivity index is 1.53. The molecule has 1 aromatic carbocycles. The van der Waals surface area contributed by atoms with Crippen LogP contribution in [0.5, 0.6) is 0 Å². The molecule has 10 nitrogen and oxygen atoms in total. The van der Waals surface area contributed by atoms with E-state index in [4.69, 9.17) is 4.74 Å². The molecular weight excluding hydrogens is 454 g/mol. The van der Waals surface area contributed by atoms with Crippen molar-refractivity contribution < 1.29 is 13.2 Å². The predicted octanol–water partition coefficient (Wildman–Crippen LogP) is 3.39. The molecule has 0 bridgehead atoms. The summed E-state index contributed by atoms with van der Waals surface area (Å²) in [6.45, 7) is 3.87. The largest absolute Gasteiger partial charge is 0.383 e. The number of nitrogens with zero attached hydrogens (tertiary/aromatic N) is 5. The second-order valence-corrected chi connectivity index (χ2v) is 10.3. The zero-order valence-corrected chi connectivity index (χ0v) is 19.9. The van der Waals surface area contributed by atoms with Crippen molar-refractivity contribution in [2.45, 2.75) is 31.2 Å². The van der Waals surface area contributed by atoms with E-state index in [0.717, 1.165) is 12.1 Å². The number of aromatic nitrogens is 5. The van der Waals surface area contributed by atoms with Crippen LogP contribution in [0, 0.1) is 12.8 Å². The lowest BCUT2D eigenvalue weighted by Gasteiger charge is -2.11. The molecule has 4 aromatic rings. The molecule has 3 heterocycles. The second-order valence-electron chi connectivity index (χ2n) is 8.50. The molecule has 1 aliphatic rings. The quantitative estimate of drug-likeness (QED) is 0.354. The summed E-state index contributed by atoms with van der Waals surface area (Å²) in [6, 6.07) is 8.52. The highest BCUT2D eigenvalue weighted by atomic mass is 32.2. The average molecular weight is 482 g/mol. The van der Waals surface area contributed by atoms with Crippen LogP contribution in [0.25, 0.3) is 11.0 Å². The number of benzene rings is 1. The Bertz CT molecular complexity index is 1410. The lowest BCUT2D eigenvalue weighted by atomic mass is 10.2. The number of anilines is 3. The molecule has 1 aliphatic carbocycles. The van der Waals surface area contributed by atoms with Gasteiger partial charge in [-0.3, -0.25) is 4.68 Å². The minimum absolute atomic E-state index is 0.204. The van der Waals surface area contributed by atoms with Gasteiger partial charge in [0.1, 0.15) is 5.82 Å². The van der Waals surface area contributed by atoms with E-state index in [1.54, 1.807) is 48.3 Å². The van der Waals surface area contributed by atoms with Crippen LogP contribution < -0.4 is 10.6 Å². The summed E-state index contributed by atoms with van der Waals surface area (Å²) < 4.78 is 34.9. The minimum atomic E-state index is -3.83. The second kappa shape index (κ2) is 9.07. The van der Waals surface area contributed by atoms with Crippen molar-refractivity contribution in [2.24, 2.45) is 5.92 Å². The van der Waals surface area contributed by atoms with Gasteiger partial charge in [0.2, 0.25) is 5.95 Å². The molecule has 11 heteroatoms. The molecule has 34 heavy (non-hydrogen) atoms. The molecule has 0 aliphatic heterocycles. The van der Waals surface area contributed by atoms with Gasteiger partial charge >= 0.3 is 0 Å². The van der Waals surface area contributed by atoms with Crippen molar-refractivity contribution in [1.29, 1.82) is 0 Å². The molecule has 5 rings (SSSR count). The van der Waals surface area contributed by atoms with E-state index < -0.39 is 10.0 Å². The van der Waals surface area contributed by atoms with Crippen molar-refractivity contribution in [1.82, 2.24) is 23.7 Å². The molecular formula is C23H27N7O3S. The molecule has 0 amide bonds. The topological polar surface area (TPSA) is 116 Å². The molecule has 1 fully saturated rings. The van der Waals surface area contributed by atoms with Gasteiger partial charge in [0.25, 0.3) is 10.0 Å². The fourth-order valence-corrected chi connectivity index (χ4v) is 4.92. The van der Waals surface area contributed by atoms with Gasteiger partial charge in [-0.05, 0) is 43.9 Å². The number of rotatable bonds is 10. The fourth-order valence-electron chi connectivity index (χ4n) is 3.63. The Morgan fingerprint density at radius 2 is 1.94 bits per heavy atom. The van der Waals surface area contributed by atoms with E-state index in [1.165, 1.54) is 23.0 Å². The number of fused-ring (bicyclic) bond motifs is 1. The number of nitrogens with one attached hydrogen (secondary N) is 2. The van der Waals surface area contributed by atoms with Gasteiger partial charge in [0.15, 0.2) is 5.65 Å². The third-order valence-corrected chi connectivity index (χ3v) is 7.44. The Labute approximate surface area is 198 Å². The first-order valence-electron chi connectivity index (χ1n) is 11.2. The first-order valence-corrected chi connectivity index (χ1v) is 12.6. The Hall–Kier alpha value is -3.44. The lowest BCUT2D eigenvalue weighted by Crippen LogP contribution is -2.14. The highest BCUT2D eigenvalue weighted by molar-refractivity contribution is 7.90. The van der Waals surface area contributed by atoms with Gasteiger partial charge < -0.3 is 15.4 Å². The highest BCUT2D eigenvalue weighted by Crippen LogP contribution is 2.31. The van der Waals surface area contributed by atoms with Crippen molar-refractivity contribution >= 4 is 38.5 Å². The fraction of sp³-hybridized carbons (Fsp3) is 0.348. The summed E-state index contributed by atoms with van der Waals surface area (Å²) in [6.07, 6.45) is 7.41. The SMILES string of the molecule is COCCn1cc(Nc2nc(NCC3CC3)c3ccn(S(=O)(=O)c4ccc(C)cc4)c3n2)cn1. The average Bonchev–Trinajstić information content (AvgIpc) is 3.37. The number of hydrogen-bond donors (Lipinski definition) is 2. The lowest BCUT2D eigenvalue weighted by molar-refractivity contribution is 0.183. The number of methoxy groups -OCH3 is 1. The molecule has 0 radical (unpaired) electrons. The zero-order chi connectivity index (χ0) is 23.7. The van der Waals surface area contributed by atoms with Gasteiger partial charge in [-0.1, -0.05) is 17.7 Å². The normalized spacial score (nSPS) is 13.9. The van der Waals surface area contributed by atoms with E-state index >= 15 is 0 Å². The Kier molecular flexibility index (Phi) is 5.96. The van der Waals surface area contributed by atoms with Crippen molar-refractivity contribution in [3.8, 4) is 0 Å². The Morgan fingerprint density at radius 1 is 1.15 bits per heavy atom. The number of ether oxygens (including phenoxy) is 1. The van der Waals surface area contributed by atoms with Crippen LogP contribution >= 0.6 is 0 Å². The van der Waals surface area contributed by atoms with Crippen LogP contribution in [-0.2, 0) is 21.3 Å². The van der Waals surface area contributed by atoms with Gasteiger partial charge in [-0.15, -0.1) is 0 Å². The van der Waals surface area contributed by atoms with Crippen molar-refractivity contribution in [2.75, 3.05) is 30.9 Å². The maximum atomic E-state index is 13.4. The predicted molar refractivity (Wildman–Crippen MR) is 130 cm³/mol. The minimum Gasteiger partial charge on any atom is -0.383 e. The summed E-state index contributed by atoms with van der Waals surface area (Å²) >= 11 is 0. The maximum Gasteiger partial charge on any atom is 0.269 e. The van der Waals surface area contributed by atoms with E-state index in [2.05, 4.69) is 25.7 Å². The maximum absolute atomic E-state index is 13.4. The molecule has 0 saturated heterocycles. The van der Waals surface area contributed by atoms with Gasteiger partial charge in [-0.25, -0.2) is 12.4 Å². The van der Waals surface area contributed by atoms with Crippen LogP contribution in [0.4, 0.5) is 17.5 Å². The monoisotopic (exact) mass is 481 g/mol. The van der Waals surface area contributed by atoms with Crippen LogP contribution in [0.2, 0.25) is 0 Å². The molecule has 178 valence electrons. The van der Waals surface area contributed by atoms with E-state index in [-0.39, 0.29) is 10.8 Å². The van der Waals surface area contributed by atoms with E-state index in [0.29, 0.717) is 41.6 Å². The van der Waals surface area contributed by atoms with Crippen LogP contribution in [0.15, 0.2) is 53.8 Å². The van der Waals surface area contributed by atoms with Crippen molar-refractivity contribution in [3.63, 3.8) is 0 Å². The summed E-state index contributed by atoms with van der Waals surface area (Å²) in [4.78, 5) is 9.42. The van der Waals surface area contributed by atoms with Crippen molar-refractivity contribution in [3.05, 3.63) is 54.5 Å².